The molecule has 0 aliphatic carbocycles. The molecule has 1 aromatic carbocycles. The number of carbonyl (C=O) groups excluding carboxylic acids is 1. The summed E-state index contributed by atoms with van der Waals surface area (Å²) in [6.45, 7) is 5.54. The second kappa shape index (κ2) is 9.50. The number of rotatable bonds is 9. The molecule has 1 atom stereocenters. The molecule has 0 aliphatic rings. The van der Waals surface area contributed by atoms with Crippen LogP contribution in [0.1, 0.15) is 38.3 Å². The van der Waals surface area contributed by atoms with Gasteiger partial charge in [0.05, 0.1) is 6.61 Å². The summed E-state index contributed by atoms with van der Waals surface area (Å²) in [4.78, 5) is 14.5. The van der Waals surface area contributed by atoms with Gasteiger partial charge >= 0.3 is 0 Å². The molecule has 21 heavy (non-hydrogen) atoms. The molecule has 0 heterocycles. The Kier molecular flexibility index (Phi) is 7.97. The number of ether oxygens (including phenoxy) is 1. The number of hydrogen-bond donors (Lipinski definition) is 2. The van der Waals surface area contributed by atoms with Crippen molar-refractivity contribution < 1.29 is 9.53 Å². The predicted octanol–water partition coefficient (Wildman–Crippen LogP) is 1.85. The van der Waals surface area contributed by atoms with Crippen LogP contribution in [0.15, 0.2) is 30.3 Å². The maximum Gasteiger partial charge on any atom is 0.255 e. The van der Waals surface area contributed by atoms with Gasteiger partial charge in [0, 0.05) is 19.7 Å². The maximum atomic E-state index is 12.3. The summed E-state index contributed by atoms with van der Waals surface area (Å²) in [6, 6.07) is 9.65. The third-order valence-electron chi connectivity index (χ3n) is 3.80. The van der Waals surface area contributed by atoms with E-state index >= 15 is 0 Å². The van der Waals surface area contributed by atoms with Crippen LogP contribution in [0, 0.1) is 0 Å². The molecule has 118 valence electrons. The number of hydrazine groups is 1. The van der Waals surface area contributed by atoms with Crippen molar-refractivity contribution in [3.63, 3.8) is 0 Å². The smallest absolute Gasteiger partial charge is 0.255 e. The van der Waals surface area contributed by atoms with E-state index < -0.39 is 6.04 Å². The summed E-state index contributed by atoms with van der Waals surface area (Å²) in [7, 11) is 1.67. The Balaban J connectivity index is 3.13. The lowest BCUT2D eigenvalue weighted by Crippen LogP contribution is -2.48. The lowest BCUT2D eigenvalue weighted by Gasteiger charge is -2.36. The van der Waals surface area contributed by atoms with Crippen LogP contribution in [-0.2, 0) is 9.53 Å². The molecule has 1 unspecified atom stereocenters. The lowest BCUT2D eigenvalue weighted by atomic mass is 10.00. The number of methoxy groups -OCH3 is 1. The minimum Gasteiger partial charge on any atom is -0.383 e. The number of carbonyl (C=O) groups is 1. The van der Waals surface area contributed by atoms with Crippen molar-refractivity contribution in [3.8, 4) is 0 Å². The van der Waals surface area contributed by atoms with Crippen molar-refractivity contribution in [2.45, 2.75) is 38.8 Å². The van der Waals surface area contributed by atoms with Crippen LogP contribution in [-0.4, -0.2) is 37.1 Å². The minimum absolute atomic E-state index is 0.191. The molecule has 0 saturated carbocycles. The number of benzene rings is 1. The first-order chi connectivity index (χ1) is 10.2. The Morgan fingerprint density at radius 2 is 1.90 bits per heavy atom. The fourth-order valence-corrected chi connectivity index (χ4v) is 2.68. The van der Waals surface area contributed by atoms with Gasteiger partial charge in [0.2, 0.25) is 0 Å². The number of hydrogen-bond acceptors (Lipinski definition) is 4. The summed E-state index contributed by atoms with van der Waals surface area (Å²) in [5.41, 5.74) is 3.25. The average Bonchev–Trinajstić information content (AvgIpc) is 2.54. The SMILES string of the molecule is CCC(CC)N(CCOC)C(C(=O)NN)c1ccccc1. The first kappa shape index (κ1) is 17.6. The standard InChI is InChI=1S/C16H27N3O2/c1-4-14(5-2)19(11-12-21-3)15(16(20)18-17)13-9-7-6-8-10-13/h6-10,14-15H,4-5,11-12,17H2,1-3H3,(H,18,20). The Morgan fingerprint density at radius 3 is 2.38 bits per heavy atom. The topological polar surface area (TPSA) is 67.6 Å². The third kappa shape index (κ3) is 4.81. The molecule has 0 fully saturated rings. The molecule has 5 heteroatoms. The van der Waals surface area contributed by atoms with Crippen molar-refractivity contribution in [1.29, 1.82) is 0 Å². The first-order valence-corrected chi connectivity index (χ1v) is 7.49. The minimum atomic E-state index is -0.392. The summed E-state index contributed by atoms with van der Waals surface area (Å²) in [5, 5.41) is 0. The Labute approximate surface area is 127 Å². The molecule has 5 nitrogen and oxygen atoms in total. The molecule has 0 aliphatic heterocycles. The van der Waals surface area contributed by atoms with Crippen LogP contribution in [0.4, 0.5) is 0 Å². The molecular formula is C16H27N3O2. The van der Waals surface area contributed by atoms with Crippen LogP contribution >= 0.6 is 0 Å². The summed E-state index contributed by atoms with van der Waals surface area (Å²) < 4.78 is 5.21. The van der Waals surface area contributed by atoms with Crippen LogP contribution < -0.4 is 11.3 Å². The Bertz CT molecular complexity index is 407. The largest absolute Gasteiger partial charge is 0.383 e. The van der Waals surface area contributed by atoms with Crippen molar-refractivity contribution in [2.75, 3.05) is 20.3 Å². The van der Waals surface area contributed by atoms with E-state index in [0.717, 1.165) is 18.4 Å². The van der Waals surface area contributed by atoms with Gasteiger partial charge in [-0.3, -0.25) is 15.1 Å². The summed E-state index contributed by atoms with van der Waals surface area (Å²) >= 11 is 0. The van der Waals surface area contributed by atoms with Gasteiger partial charge in [-0.15, -0.1) is 0 Å². The second-order valence-corrected chi connectivity index (χ2v) is 5.02. The van der Waals surface area contributed by atoms with Crippen LogP contribution in [0.3, 0.4) is 0 Å². The maximum absolute atomic E-state index is 12.3. The van der Waals surface area contributed by atoms with Gasteiger partial charge in [-0.25, -0.2) is 5.84 Å². The van der Waals surface area contributed by atoms with Crippen molar-refractivity contribution in [1.82, 2.24) is 10.3 Å². The van der Waals surface area contributed by atoms with E-state index in [9.17, 15) is 4.79 Å². The average molecular weight is 293 g/mol. The molecule has 0 aromatic heterocycles. The van der Waals surface area contributed by atoms with Gasteiger partial charge in [-0.1, -0.05) is 44.2 Å². The van der Waals surface area contributed by atoms with Crippen LogP contribution in [0.5, 0.6) is 0 Å². The van der Waals surface area contributed by atoms with E-state index in [1.54, 1.807) is 7.11 Å². The first-order valence-electron chi connectivity index (χ1n) is 7.49. The van der Waals surface area contributed by atoms with E-state index in [-0.39, 0.29) is 5.91 Å². The quantitative estimate of drug-likeness (QED) is 0.414. The molecule has 1 amide bonds. The fraction of sp³-hybridized carbons (Fsp3) is 0.562. The highest BCUT2D eigenvalue weighted by Crippen LogP contribution is 2.25. The number of amides is 1. The van der Waals surface area contributed by atoms with Crippen molar-refractivity contribution in [2.24, 2.45) is 5.84 Å². The molecule has 1 rings (SSSR count). The van der Waals surface area contributed by atoms with E-state index in [2.05, 4.69) is 24.2 Å². The molecule has 0 saturated heterocycles. The fourth-order valence-electron chi connectivity index (χ4n) is 2.68. The number of nitrogens with zero attached hydrogens (tertiary/aromatic N) is 1. The Morgan fingerprint density at radius 1 is 1.29 bits per heavy atom. The molecular weight excluding hydrogens is 266 g/mol. The third-order valence-corrected chi connectivity index (χ3v) is 3.80. The van der Waals surface area contributed by atoms with Crippen molar-refractivity contribution >= 4 is 5.91 Å². The van der Waals surface area contributed by atoms with Crippen molar-refractivity contribution in [3.05, 3.63) is 35.9 Å². The summed E-state index contributed by atoms with van der Waals surface area (Å²) in [5.74, 6) is 5.21. The van der Waals surface area contributed by atoms with E-state index in [1.807, 2.05) is 30.3 Å². The monoisotopic (exact) mass is 293 g/mol. The van der Waals surface area contributed by atoms with Crippen LogP contribution in [0.25, 0.3) is 0 Å². The zero-order valence-electron chi connectivity index (χ0n) is 13.2. The van der Waals surface area contributed by atoms with E-state index in [1.165, 1.54) is 0 Å². The van der Waals surface area contributed by atoms with E-state index in [4.69, 9.17) is 10.6 Å². The van der Waals surface area contributed by atoms with Gasteiger partial charge in [-0.05, 0) is 18.4 Å². The molecule has 0 bridgehead atoms. The highest BCUT2D eigenvalue weighted by atomic mass is 16.5. The van der Waals surface area contributed by atoms with Gasteiger partial charge in [0.1, 0.15) is 6.04 Å². The van der Waals surface area contributed by atoms with Gasteiger partial charge in [-0.2, -0.15) is 0 Å². The van der Waals surface area contributed by atoms with E-state index in [0.29, 0.717) is 19.2 Å². The predicted molar refractivity (Wildman–Crippen MR) is 84.5 cm³/mol. The lowest BCUT2D eigenvalue weighted by molar-refractivity contribution is -0.128. The zero-order valence-corrected chi connectivity index (χ0v) is 13.2. The van der Waals surface area contributed by atoms with Gasteiger partial charge < -0.3 is 4.74 Å². The van der Waals surface area contributed by atoms with Gasteiger partial charge in [0.15, 0.2) is 0 Å². The van der Waals surface area contributed by atoms with Gasteiger partial charge in [0.25, 0.3) is 5.91 Å². The molecule has 3 N–H and O–H groups in total. The highest BCUT2D eigenvalue weighted by Gasteiger charge is 2.30. The number of nitrogens with one attached hydrogen (secondary N) is 1. The molecule has 0 spiro atoms. The highest BCUT2D eigenvalue weighted by molar-refractivity contribution is 5.82. The summed E-state index contributed by atoms with van der Waals surface area (Å²) in [6.07, 6.45) is 1.95. The zero-order chi connectivity index (χ0) is 15.7. The number of nitrogens with two attached hydrogens (primary N) is 1. The molecule has 1 aromatic rings. The second-order valence-electron chi connectivity index (χ2n) is 5.02. The normalized spacial score (nSPS) is 12.7. The van der Waals surface area contributed by atoms with Crippen LogP contribution in [0.2, 0.25) is 0 Å². The Hall–Kier alpha value is -1.43. The molecule has 0 radical (unpaired) electrons.